The first-order valence-corrected chi connectivity index (χ1v) is 6.35. The molecule has 0 saturated carbocycles. The van der Waals surface area contributed by atoms with Crippen LogP contribution in [0.15, 0.2) is 29.0 Å². The molecule has 5 heteroatoms. The van der Waals surface area contributed by atoms with Crippen LogP contribution in [-0.2, 0) is 11.2 Å². The van der Waals surface area contributed by atoms with Gasteiger partial charge in [0.05, 0.1) is 12.1 Å². The summed E-state index contributed by atoms with van der Waals surface area (Å²) in [6.07, 6.45) is 0.439. The number of anilines is 1. The number of hydrogen-bond acceptors (Lipinski definition) is 3. The van der Waals surface area contributed by atoms with Crippen molar-refractivity contribution in [2.45, 2.75) is 13.3 Å². The van der Waals surface area contributed by atoms with Crippen molar-refractivity contribution in [1.82, 2.24) is 9.97 Å². The quantitative estimate of drug-likeness (QED) is 0.824. The molecule has 2 heterocycles. The Kier molecular flexibility index (Phi) is 2.63. The average molecular weight is 304 g/mol. The maximum atomic E-state index is 11.3. The number of rotatable bonds is 1. The summed E-state index contributed by atoms with van der Waals surface area (Å²) in [6.45, 7) is 1.92. The van der Waals surface area contributed by atoms with E-state index in [1.54, 1.807) is 0 Å². The Morgan fingerprint density at radius 3 is 2.89 bits per heavy atom. The van der Waals surface area contributed by atoms with E-state index in [2.05, 4.69) is 31.2 Å². The highest BCUT2D eigenvalue weighted by atomic mass is 79.9. The predicted molar refractivity (Wildman–Crippen MR) is 72.2 cm³/mol. The Morgan fingerprint density at radius 2 is 2.11 bits per heavy atom. The summed E-state index contributed by atoms with van der Waals surface area (Å²) in [6, 6.07) is 7.80. The normalized spacial score (nSPS) is 13.3. The lowest BCUT2D eigenvalue weighted by Crippen LogP contribution is -2.03. The van der Waals surface area contributed by atoms with Crippen molar-refractivity contribution in [1.29, 1.82) is 0 Å². The minimum atomic E-state index is 0.0437. The van der Waals surface area contributed by atoms with Crippen LogP contribution in [0.1, 0.15) is 11.3 Å². The number of aryl methyl sites for hydroxylation is 1. The van der Waals surface area contributed by atoms with Crippen molar-refractivity contribution >= 4 is 27.5 Å². The van der Waals surface area contributed by atoms with Crippen LogP contribution in [0.5, 0.6) is 0 Å². The standard InChI is InChI=1S/C13H10BrN3O/c1-7-4-11(17-13(14)15-7)8-2-3-10-9(5-8)6-12(18)16-10/h2-5H,6H2,1H3,(H,16,18). The summed E-state index contributed by atoms with van der Waals surface area (Å²) in [7, 11) is 0. The van der Waals surface area contributed by atoms with E-state index in [1.807, 2.05) is 31.2 Å². The first-order chi connectivity index (χ1) is 8.61. The lowest BCUT2D eigenvalue weighted by Gasteiger charge is -2.05. The van der Waals surface area contributed by atoms with Crippen molar-refractivity contribution in [3.8, 4) is 11.3 Å². The van der Waals surface area contributed by atoms with Crippen LogP contribution >= 0.6 is 15.9 Å². The number of halogens is 1. The van der Waals surface area contributed by atoms with Crippen LogP contribution in [-0.4, -0.2) is 15.9 Å². The Morgan fingerprint density at radius 1 is 1.28 bits per heavy atom. The Balaban J connectivity index is 2.08. The molecule has 3 rings (SSSR count). The SMILES string of the molecule is Cc1cc(-c2ccc3c(c2)CC(=O)N3)nc(Br)n1. The Hall–Kier alpha value is -1.75. The lowest BCUT2D eigenvalue weighted by atomic mass is 10.1. The highest BCUT2D eigenvalue weighted by Gasteiger charge is 2.18. The van der Waals surface area contributed by atoms with Gasteiger partial charge in [-0.2, -0.15) is 0 Å². The summed E-state index contributed by atoms with van der Waals surface area (Å²) in [4.78, 5) is 19.8. The molecular weight excluding hydrogens is 294 g/mol. The number of fused-ring (bicyclic) bond motifs is 1. The van der Waals surface area contributed by atoms with Gasteiger partial charge < -0.3 is 5.32 Å². The van der Waals surface area contributed by atoms with Crippen molar-refractivity contribution in [2.75, 3.05) is 5.32 Å². The molecule has 0 aliphatic carbocycles. The van der Waals surface area contributed by atoms with Crippen molar-refractivity contribution < 1.29 is 4.79 Å². The van der Waals surface area contributed by atoms with Gasteiger partial charge in [0.2, 0.25) is 5.91 Å². The second kappa shape index (κ2) is 4.17. The van der Waals surface area contributed by atoms with Gasteiger partial charge in [-0.1, -0.05) is 6.07 Å². The molecule has 0 spiro atoms. The van der Waals surface area contributed by atoms with Crippen LogP contribution in [0, 0.1) is 6.92 Å². The van der Waals surface area contributed by atoms with Gasteiger partial charge >= 0.3 is 0 Å². The molecule has 2 aromatic rings. The summed E-state index contributed by atoms with van der Waals surface area (Å²) < 4.78 is 0.576. The molecule has 18 heavy (non-hydrogen) atoms. The molecule has 1 aliphatic rings. The molecule has 90 valence electrons. The fourth-order valence-electron chi connectivity index (χ4n) is 2.07. The molecule has 0 radical (unpaired) electrons. The number of benzene rings is 1. The van der Waals surface area contributed by atoms with Crippen LogP contribution in [0.3, 0.4) is 0 Å². The third-order valence-electron chi connectivity index (χ3n) is 2.85. The maximum Gasteiger partial charge on any atom is 0.228 e. The third kappa shape index (κ3) is 2.01. The van der Waals surface area contributed by atoms with Gasteiger partial charge in [-0.25, -0.2) is 9.97 Å². The van der Waals surface area contributed by atoms with Crippen LogP contribution < -0.4 is 5.32 Å². The van der Waals surface area contributed by atoms with Gasteiger partial charge in [0.25, 0.3) is 0 Å². The molecule has 0 fully saturated rings. The fourth-order valence-corrected chi connectivity index (χ4v) is 2.54. The number of nitrogens with zero attached hydrogens (tertiary/aromatic N) is 2. The number of nitrogens with one attached hydrogen (secondary N) is 1. The van der Waals surface area contributed by atoms with Gasteiger partial charge in [0, 0.05) is 16.9 Å². The summed E-state index contributed by atoms with van der Waals surface area (Å²) >= 11 is 3.29. The number of hydrogen-bond donors (Lipinski definition) is 1. The molecule has 1 aromatic carbocycles. The topological polar surface area (TPSA) is 54.9 Å². The number of amides is 1. The smallest absolute Gasteiger partial charge is 0.228 e. The predicted octanol–water partition coefficient (Wildman–Crippen LogP) is 2.71. The molecule has 0 unspecified atom stereocenters. The molecule has 1 aliphatic heterocycles. The van der Waals surface area contributed by atoms with Crippen molar-refractivity contribution in [3.63, 3.8) is 0 Å². The van der Waals surface area contributed by atoms with E-state index in [4.69, 9.17) is 0 Å². The molecule has 0 atom stereocenters. The van der Waals surface area contributed by atoms with E-state index < -0.39 is 0 Å². The fraction of sp³-hybridized carbons (Fsp3) is 0.154. The van der Waals surface area contributed by atoms with E-state index in [0.717, 1.165) is 28.2 Å². The molecule has 0 saturated heterocycles. The Bertz CT molecular complexity index is 634. The molecule has 0 bridgehead atoms. The molecule has 1 aromatic heterocycles. The minimum absolute atomic E-state index is 0.0437. The van der Waals surface area contributed by atoms with Gasteiger partial charge in [-0.15, -0.1) is 0 Å². The van der Waals surface area contributed by atoms with Crippen molar-refractivity contribution in [2.24, 2.45) is 0 Å². The zero-order valence-corrected chi connectivity index (χ0v) is 11.3. The van der Waals surface area contributed by atoms with Gasteiger partial charge in [0.15, 0.2) is 4.73 Å². The lowest BCUT2D eigenvalue weighted by molar-refractivity contribution is -0.115. The highest BCUT2D eigenvalue weighted by molar-refractivity contribution is 9.10. The van der Waals surface area contributed by atoms with Crippen LogP contribution in [0.2, 0.25) is 0 Å². The van der Waals surface area contributed by atoms with E-state index in [0.29, 0.717) is 11.2 Å². The molecular formula is C13H10BrN3O. The summed E-state index contributed by atoms with van der Waals surface area (Å²) in [5, 5.41) is 2.82. The van der Waals surface area contributed by atoms with E-state index in [1.165, 1.54) is 0 Å². The average Bonchev–Trinajstić information content (AvgIpc) is 2.66. The second-order valence-corrected chi connectivity index (χ2v) is 4.97. The van der Waals surface area contributed by atoms with E-state index in [9.17, 15) is 4.79 Å². The summed E-state index contributed by atoms with van der Waals surface area (Å²) in [5.41, 5.74) is 4.67. The van der Waals surface area contributed by atoms with Gasteiger partial charge in [0.1, 0.15) is 0 Å². The Labute approximate surface area is 113 Å². The number of aromatic nitrogens is 2. The van der Waals surface area contributed by atoms with Crippen LogP contribution in [0.25, 0.3) is 11.3 Å². The first-order valence-electron chi connectivity index (χ1n) is 5.56. The molecule has 1 amide bonds. The minimum Gasteiger partial charge on any atom is -0.326 e. The van der Waals surface area contributed by atoms with E-state index in [-0.39, 0.29) is 5.91 Å². The number of carbonyl (C=O) groups is 1. The van der Waals surface area contributed by atoms with E-state index >= 15 is 0 Å². The highest BCUT2D eigenvalue weighted by Crippen LogP contribution is 2.28. The van der Waals surface area contributed by atoms with Gasteiger partial charge in [-0.3, -0.25) is 4.79 Å². The zero-order valence-electron chi connectivity index (χ0n) is 9.70. The summed E-state index contributed by atoms with van der Waals surface area (Å²) in [5.74, 6) is 0.0437. The second-order valence-electron chi connectivity index (χ2n) is 4.26. The van der Waals surface area contributed by atoms with Gasteiger partial charge in [-0.05, 0) is 46.6 Å². The zero-order chi connectivity index (χ0) is 12.7. The largest absolute Gasteiger partial charge is 0.326 e. The number of carbonyl (C=O) groups excluding carboxylic acids is 1. The molecule has 4 nitrogen and oxygen atoms in total. The maximum absolute atomic E-state index is 11.3. The third-order valence-corrected chi connectivity index (χ3v) is 3.21. The first kappa shape index (κ1) is 11.3. The molecule has 1 N–H and O–H groups in total. The monoisotopic (exact) mass is 303 g/mol. The van der Waals surface area contributed by atoms with Crippen LogP contribution in [0.4, 0.5) is 5.69 Å². The van der Waals surface area contributed by atoms with Crippen molar-refractivity contribution in [3.05, 3.63) is 40.3 Å².